The molecule has 0 N–H and O–H groups in total. The number of nitro benzene ring substituents is 1. The number of rotatable bonds is 12. The van der Waals surface area contributed by atoms with Crippen LogP contribution in [0.5, 0.6) is 5.75 Å². The van der Waals surface area contributed by atoms with Crippen molar-refractivity contribution < 1.29 is 28.8 Å². The number of aldehydes is 1. The molecule has 0 unspecified atom stereocenters. The number of nitrogens with zero attached hydrogens (tertiary/aromatic N) is 2. The lowest BCUT2D eigenvalue weighted by atomic mass is 10.1. The van der Waals surface area contributed by atoms with Crippen LogP contribution in [0.4, 0.5) is 11.4 Å². The van der Waals surface area contributed by atoms with E-state index >= 15 is 0 Å². The van der Waals surface area contributed by atoms with Crippen molar-refractivity contribution >= 4 is 29.5 Å². The molecule has 164 valence electrons. The largest absolute Gasteiger partial charge is 0.493 e. The maximum Gasteiger partial charge on any atom is 0.325 e. The Morgan fingerprint density at radius 2 is 1.81 bits per heavy atom. The van der Waals surface area contributed by atoms with E-state index in [2.05, 4.69) is 4.74 Å². The molecule has 0 radical (unpaired) electrons. The molecule has 2 rings (SSSR count). The van der Waals surface area contributed by atoms with Gasteiger partial charge in [0, 0.05) is 18.2 Å². The molecular weight excluding hydrogens is 404 g/mol. The van der Waals surface area contributed by atoms with E-state index in [1.807, 2.05) is 6.07 Å². The Hall–Kier alpha value is -3.75. The highest BCUT2D eigenvalue weighted by Gasteiger charge is 2.19. The molecule has 0 heterocycles. The summed E-state index contributed by atoms with van der Waals surface area (Å²) in [7, 11) is 1.27. The van der Waals surface area contributed by atoms with E-state index in [1.165, 1.54) is 30.2 Å². The minimum atomic E-state index is -0.630. The molecule has 0 spiro atoms. The normalized spacial score (nSPS) is 10.2. The van der Waals surface area contributed by atoms with Crippen molar-refractivity contribution in [3.63, 3.8) is 0 Å². The number of esters is 1. The number of amides is 1. The van der Waals surface area contributed by atoms with Crippen molar-refractivity contribution in [3.8, 4) is 5.75 Å². The van der Waals surface area contributed by atoms with Crippen LogP contribution in [-0.2, 0) is 14.3 Å². The average Bonchev–Trinajstić information content (AvgIpc) is 2.79. The molecule has 2 aromatic carbocycles. The molecule has 0 aliphatic heterocycles. The van der Waals surface area contributed by atoms with E-state index in [0.717, 1.165) is 0 Å². The number of nitro groups is 1. The third kappa shape index (κ3) is 6.91. The molecule has 0 aromatic heterocycles. The summed E-state index contributed by atoms with van der Waals surface area (Å²) < 4.78 is 10.2. The minimum absolute atomic E-state index is 0.0935. The van der Waals surface area contributed by atoms with Crippen molar-refractivity contribution in [3.05, 3.63) is 64.2 Å². The lowest BCUT2D eigenvalue weighted by Gasteiger charge is -2.21. The van der Waals surface area contributed by atoms with E-state index in [-0.39, 0.29) is 42.5 Å². The fourth-order valence-electron chi connectivity index (χ4n) is 2.93. The fourth-order valence-corrected chi connectivity index (χ4v) is 2.93. The van der Waals surface area contributed by atoms with Gasteiger partial charge in [-0.3, -0.25) is 24.5 Å². The zero-order chi connectivity index (χ0) is 22.6. The molecule has 0 bridgehead atoms. The van der Waals surface area contributed by atoms with Crippen LogP contribution >= 0.6 is 0 Å². The second-order valence-electron chi connectivity index (χ2n) is 6.61. The minimum Gasteiger partial charge on any atom is -0.493 e. The predicted molar refractivity (Wildman–Crippen MR) is 113 cm³/mol. The number of methoxy groups -OCH3 is 1. The van der Waals surface area contributed by atoms with Gasteiger partial charge in [-0.2, -0.15) is 0 Å². The zero-order valence-electron chi connectivity index (χ0n) is 17.2. The van der Waals surface area contributed by atoms with E-state index in [0.29, 0.717) is 31.2 Å². The molecule has 0 aliphatic carbocycles. The van der Waals surface area contributed by atoms with Crippen molar-refractivity contribution in [1.82, 2.24) is 0 Å². The van der Waals surface area contributed by atoms with Gasteiger partial charge in [0.05, 0.1) is 18.6 Å². The van der Waals surface area contributed by atoms with Crippen LogP contribution in [0.15, 0.2) is 48.5 Å². The highest BCUT2D eigenvalue weighted by Crippen LogP contribution is 2.26. The average molecular weight is 428 g/mol. The Bertz CT molecular complexity index is 915. The molecule has 0 aliphatic rings. The van der Waals surface area contributed by atoms with Crippen LogP contribution in [0.25, 0.3) is 0 Å². The first kappa shape index (κ1) is 23.5. The number of hydrogen-bond acceptors (Lipinski definition) is 7. The Kier molecular flexibility index (Phi) is 9.15. The van der Waals surface area contributed by atoms with Gasteiger partial charge in [-0.15, -0.1) is 0 Å². The number of anilines is 1. The number of unbranched alkanes of at least 4 members (excludes halogenated alkanes) is 2. The predicted octanol–water partition coefficient (Wildman–Crippen LogP) is 3.55. The van der Waals surface area contributed by atoms with E-state index in [9.17, 15) is 24.5 Å². The Morgan fingerprint density at radius 3 is 2.45 bits per heavy atom. The van der Waals surface area contributed by atoms with Gasteiger partial charge in [0.25, 0.3) is 5.69 Å². The molecule has 0 saturated carbocycles. The summed E-state index contributed by atoms with van der Waals surface area (Å²) in [4.78, 5) is 47.2. The van der Waals surface area contributed by atoms with Crippen molar-refractivity contribution in [2.45, 2.75) is 25.7 Å². The van der Waals surface area contributed by atoms with Gasteiger partial charge >= 0.3 is 5.97 Å². The number of ether oxygens (including phenoxy) is 2. The molecule has 9 nitrogen and oxygen atoms in total. The lowest BCUT2D eigenvalue weighted by Crippen LogP contribution is -2.36. The number of benzene rings is 2. The molecule has 31 heavy (non-hydrogen) atoms. The van der Waals surface area contributed by atoms with Crippen LogP contribution in [0.2, 0.25) is 0 Å². The van der Waals surface area contributed by atoms with E-state index in [1.54, 1.807) is 24.3 Å². The molecule has 1 amide bonds. The molecule has 9 heteroatoms. The number of carbonyl (C=O) groups is 3. The Balaban J connectivity index is 1.83. The highest BCUT2D eigenvalue weighted by atomic mass is 16.6. The van der Waals surface area contributed by atoms with E-state index in [4.69, 9.17) is 4.74 Å². The van der Waals surface area contributed by atoms with Crippen LogP contribution in [0.3, 0.4) is 0 Å². The van der Waals surface area contributed by atoms with Gasteiger partial charge < -0.3 is 14.4 Å². The summed E-state index contributed by atoms with van der Waals surface area (Å²) in [6, 6.07) is 13.1. The topological polar surface area (TPSA) is 116 Å². The van der Waals surface area contributed by atoms with Gasteiger partial charge in [0.15, 0.2) is 6.29 Å². The molecule has 0 fully saturated rings. The second kappa shape index (κ2) is 12.1. The highest BCUT2D eigenvalue weighted by molar-refractivity contribution is 5.97. The number of hydrogen-bond donors (Lipinski definition) is 0. The van der Waals surface area contributed by atoms with Crippen LogP contribution < -0.4 is 9.64 Å². The summed E-state index contributed by atoms with van der Waals surface area (Å²) in [5, 5.41) is 11.0. The summed E-state index contributed by atoms with van der Waals surface area (Å²) in [5.41, 5.74) is 0.224. The van der Waals surface area contributed by atoms with Crippen molar-refractivity contribution in [2.24, 2.45) is 0 Å². The lowest BCUT2D eigenvalue weighted by molar-refractivity contribution is -0.385. The Labute approximate surface area is 179 Å². The van der Waals surface area contributed by atoms with Gasteiger partial charge in [0.1, 0.15) is 17.9 Å². The van der Waals surface area contributed by atoms with Crippen LogP contribution in [0.1, 0.15) is 36.0 Å². The summed E-state index contributed by atoms with van der Waals surface area (Å²) >= 11 is 0. The summed E-state index contributed by atoms with van der Waals surface area (Å²) in [5.74, 6) is -0.540. The second-order valence-corrected chi connectivity index (χ2v) is 6.61. The summed E-state index contributed by atoms with van der Waals surface area (Å²) in [6.45, 7) is 0.0878. The summed E-state index contributed by atoms with van der Waals surface area (Å²) in [6.07, 6.45) is 2.48. The molecule has 2 aromatic rings. The molecule has 0 atom stereocenters. The fraction of sp³-hybridized carbons (Fsp3) is 0.318. The van der Waals surface area contributed by atoms with Crippen LogP contribution in [-0.4, -0.2) is 43.3 Å². The van der Waals surface area contributed by atoms with Crippen LogP contribution in [0, 0.1) is 10.1 Å². The standard InChI is InChI=1S/C22H24N2O7/c1-30-22(27)15-23(17-9-4-2-5-10-17)21(26)13-6-3-7-14-31-20-12-8-11-19(24(28)29)18(20)16-25/h2,4-5,8-12,16H,3,6-7,13-15H2,1H3. The SMILES string of the molecule is COC(=O)CN(C(=O)CCCCCOc1cccc([N+](=O)[O-])c1C=O)c1ccccc1. The maximum absolute atomic E-state index is 12.6. The third-order valence-electron chi connectivity index (χ3n) is 4.53. The van der Waals surface area contributed by atoms with E-state index < -0.39 is 10.9 Å². The zero-order valence-corrected chi connectivity index (χ0v) is 17.2. The maximum atomic E-state index is 12.6. The molecule has 0 saturated heterocycles. The van der Waals surface area contributed by atoms with Gasteiger partial charge in [0.2, 0.25) is 5.91 Å². The number of carbonyl (C=O) groups excluding carboxylic acids is 3. The van der Waals surface area contributed by atoms with Gasteiger partial charge in [-0.1, -0.05) is 24.3 Å². The Morgan fingerprint density at radius 1 is 1.06 bits per heavy atom. The monoisotopic (exact) mass is 428 g/mol. The van der Waals surface area contributed by atoms with Crippen molar-refractivity contribution in [2.75, 3.05) is 25.2 Å². The van der Waals surface area contributed by atoms with Crippen molar-refractivity contribution in [1.29, 1.82) is 0 Å². The first-order valence-corrected chi connectivity index (χ1v) is 9.75. The van der Waals surface area contributed by atoms with Gasteiger partial charge in [-0.25, -0.2) is 0 Å². The van der Waals surface area contributed by atoms with Gasteiger partial charge in [-0.05, 0) is 37.5 Å². The first-order valence-electron chi connectivity index (χ1n) is 9.75. The first-order chi connectivity index (χ1) is 15.0. The molecular formula is C22H24N2O7. The smallest absolute Gasteiger partial charge is 0.325 e. The third-order valence-corrected chi connectivity index (χ3v) is 4.53. The quantitative estimate of drug-likeness (QED) is 0.167. The number of para-hydroxylation sites is 1.